The molecule has 0 aliphatic rings. The number of hydrogen-bond donors (Lipinski definition) is 1. The van der Waals surface area contributed by atoms with Gasteiger partial charge in [0.05, 0.1) is 12.9 Å². The first-order valence-corrected chi connectivity index (χ1v) is 11.7. The number of thioether (sulfide) groups is 1. The summed E-state index contributed by atoms with van der Waals surface area (Å²) in [6, 6.07) is 14.5. The van der Waals surface area contributed by atoms with Crippen molar-refractivity contribution in [2.75, 3.05) is 12.9 Å². The fraction of sp³-hybridized carbons (Fsp3) is 0.417. The first-order chi connectivity index (χ1) is 14.6. The summed E-state index contributed by atoms with van der Waals surface area (Å²) in [7, 11) is 1.63. The van der Waals surface area contributed by atoms with Gasteiger partial charge < -0.3 is 15.0 Å². The largest absolute Gasteiger partial charge is 0.497 e. The van der Waals surface area contributed by atoms with Crippen molar-refractivity contribution in [3.05, 3.63) is 64.7 Å². The number of amides is 2. The maximum Gasteiger partial charge on any atom is 0.242 e. The highest BCUT2D eigenvalue weighted by Gasteiger charge is 2.28. The molecule has 1 atom stereocenters. The molecule has 2 rings (SSSR count). The Hall–Kier alpha value is -2.18. The topological polar surface area (TPSA) is 58.6 Å². The molecule has 7 heteroatoms. The maximum atomic E-state index is 13.1. The second-order valence-electron chi connectivity index (χ2n) is 8.41. The Kier molecular flexibility index (Phi) is 9.26. The second-order valence-corrected chi connectivity index (χ2v) is 9.83. The quantitative estimate of drug-likeness (QED) is 0.575. The van der Waals surface area contributed by atoms with Gasteiger partial charge in [0.2, 0.25) is 11.8 Å². The SMILES string of the molecule is COc1ccc(CSCC(=O)N(Cc2cccc(Cl)c2)[C@@H](C)C(=O)NC(C)(C)C)cc1. The van der Waals surface area contributed by atoms with E-state index in [1.54, 1.807) is 25.0 Å². The summed E-state index contributed by atoms with van der Waals surface area (Å²) in [6.45, 7) is 7.85. The van der Waals surface area contributed by atoms with Crippen LogP contribution >= 0.6 is 23.4 Å². The molecule has 0 heterocycles. The molecule has 168 valence electrons. The number of methoxy groups -OCH3 is 1. The van der Waals surface area contributed by atoms with E-state index in [9.17, 15) is 9.59 Å². The van der Waals surface area contributed by atoms with Crippen LogP contribution in [0.25, 0.3) is 0 Å². The molecule has 1 N–H and O–H groups in total. The van der Waals surface area contributed by atoms with Crippen LogP contribution in [0.5, 0.6) is 5.75 Å². The van der Waals surface area contributed by atoms with Crippen LogP contribution in [-0.2, 0) is 21.9 Å². The van der Waals surface area contributed by atoms with Crippen molar-refractivity contribution in [2.24, 2.45) is 0 Å². The summed E-state index contributed by atoms with van der Waals surface area (Å²) >= 11 is 7.64. The molecule has 0 spiro atoms. The van der Waals surface area contributed by atoms with Crippen molar-refractivity contribution >= 4 is 35.2 Å². The van der Waals surface area contributed by atoms with Crippen LogP contribution in [0.3, 0.4) is 0 Å². The van der Waals surface area contributed by atoms with Gasteiger partial charge in [0.25, 0.3) is 0 Å². The van der Waals surface area contributed by atoms with E-state index in [2.05, 4.69) is 5.32 Å². The van der Waals surface area contributed by atoms with Crippen LogP contribution in [0.15, 0.2) is 48.5 Å². The summed E-state index contributed by atoms with van der Waals surface area (Å²) in [5.41, 5.74) is 1.62. The van der Waals surface area contributed by atoms with E-state index in [1.807, 2.05) is 63.2 Å². The molecule has 2 amide bonds. The minimum Gasteiger partial charge on any atom is -0.497 e. The number of nitrogens with zero attached hydrogens (tertiary/aromatic N) is 1. The van der Waals surface area contributed by atoms with Gasteiger partial charge in [0, 0.05) is 22.9 Å². The zero-order valence-electron chi connectivity index (χ0n) is 18.8. The van der Waals surface area contributed by atoms with Crippen molar-refractivity contribution in [2.45, 2.75) is 51.6 Å². The fourth-order valence-corrected chi connectivity index (χ4v) is 4.03. The van der Waals surface area contributed by atoms with E-state index in [0.29, 0.717) is 17.3 Å². The Morgan fingerprint density at radius 1 is 1.13 bits per heavy atom. The lowest BCUT2D eigenvalue weighted by atomic mass is 10.1. The van der Waals surface area contributed by atoms with Crippen LogP contribution in [-0.4, -0.2) is 41.2 Å². The van der Waals surface area contributed by atoms with Gasteiger partial charge in [-0.05, 0) is 63.1 Å². The molecule has 0 bridgehead atoms. The summed E-state index contributed by atoms with van der Waals surface area (Å²) < 4.78 is 5.18. The highest BCUT2D eigenvalue weighted by molar-refractivity contribution is 7.99. The first-order valence-electron chi connectivity index (χ1n) is 10.2. The van der Waals surface area contributed by atoms with E-state index in [-0.39, 0.29) is 23.1 Å². The molecule has 0 radical (unpaired) electrons. The van der Waals surface area contributed by atoms with Gasteiger partial charge in [-0.25, -0.2) is 0 Å². The van der Waals surface area contributed by atoms with Gasteiger partial charge in [0.1, 0.15) is 11.8 Å². The van der Waals surface area contributed by atoms with Crippen LogP contribution in [0.4, 0.5) is 0 Å². The third-order valence-corrected chi connectivity index (χ3v) is 5.78. The highest BCUT2D eigenvalue weighted by Crippen LogP contribution is 2.19. The average Bonchev–Trinajstić information content (AvgIpc) is 2.70. The van der Waals surface area contributed by atoms with Crippen LogP contribution < -0.4 is 10.1 Å². The van der Waals surface area contributed by atoms with Crippen LogP contribution in [0.1, 0.15) is 38.8 Å². The summed E-state index contributed by atoms with van der Waals surface area (Å²) in [5, 5.41) is 3.57. The average molecular weight is 463 g/mol. The van der Waals surface area contributed by atoms with Crippen molar-refractivity contribution in [1.29, 1.82) is 0 Å². The van der Waals surface area contributed by atoms with E-state index in [0.717, 1.165) is 16.9 Å². The molecule has 0 aliphatic heterocycles. The lowest BCUT2D eigenvalue weighted by Gasteiger charge is -2.31. The summed E-state index contributed by atoms with van der Waals surface area (Å²) in [4.78, 5) is 27.5. The predicted molar refractivity (Wildman–Crippen MR) is 129 cm³/mol. The van der Waals surface area contributed by atoms with Gasteiger partial charge in [-0.2, -0.15) is 0 Å². The Morgan fingerprint density at radius 3 is 2.39 bits per heavy atom. The Balaban J connectivity index is 2.07. The second kappa shape index (κ2) is 11.4. The Bertz CT molecular complexity index is 881. The van der Waals surface area contributed by atoms with E-state index < -0.39 is 6.04 Å². The number of carbonyl (C=O) groups is 2. The molecule has 0 saturated heterocycles. The minimum absolute atomic E-state index is 0.0879. The maximum absolute atomic E-state index is 13.1. The molecule has 0 fully saturated rings. The molecule has 2 aromatic carbocycles. The number of ether oxygens (including phenoxy) is 1. The number of rotatable bonds is 9. The molecular weight excluding hydrogens is 432 g/mol. The zero-order chi connectivity index (χ0) is 23.0. The van der Waals surface area contributed by atoms with Crippen LogP contribution in [0, 0.1) is 0 Å². The van der Waals surface area contributed by atoms with Crippen molar-refractivity contribution < 1.29 is 14.3 Å². The normalized spacial score (nSPS) is 12.2. The Morgan fingerprint density at radius 2 is 1.81 bits per heavy atom. The Labute approximate surface area is 194 Å². The van der Waals surface area contributed by atoms with E-state index in [4.69, 9.17) is 16.3 Å². The molecule has 0 aromatic heterocycles. The summed E-state index contributed by atoms with van der Waals surface area (Å²) in [6.07, 6.45) is 0. The number of benzene rings is 2. The van der Waals surface area contributed by atoms with Crippen molar-refractivity contribution in [1.82, 2.24) is 10.2 Å². The molecule has 0 unspecified atom stereocenters. The van der Waals surface area contributed by atoms with E-state index >= 15 is 0 Å². The molecule has 2 aromatic rings. The van der Waals surface area contributed by atoms with Gasteiger partial charge in [-0.1, -0.05) is 35.9 Å². The van der Waals surface area contributed by atoms with Crippen molar-refractivity contribution in [3.63, 3.8) is 0 Å². The van der Waals surface area contributed by atoms with Crippen molar-refractivity contribution in [3.8, 4) is 5.75 Å². The number of halogens is 1. The monoisotopic (exact) mass is 462 g/mol. The van der Waals surface area contributed by atoms with E-state index in [1.165, 1.54) is 11.8 Å². The minimum atomic E-state index is -0.604. The van der Waals surface area contributed by atoms with Gasteiger partial charge in [-0.3, -0.25) is 9.59 Å². The molecule has 0 saturated carbocycles. The van der Waals surface area contributed by atoms with Gasteiger partial charge >= 0.3 is 0 Å². The third kappa shape index (κ3) is 8.46. The number of carbonyl (C=O) groups excluding carboxylic acids is 2. The molecule has 31 heavy (non-hydrogen) atoms. The van der Waals surface area contributed by atoms with Crippen LogP contribution in [0.2, 0.25) is 5.02 Å². The number of hydrogen-bond acceptors (Lipinski definition) is 4. The fourth-order valence-electron chi connectivity index (χ4n) is 2.95. The number of nitrogens with one attached hydrogen (secondary N) is 1. The summed E-state index contributed by atoms with van der Waals surface area (Å²) in [5.74, 6) is 1.51. The molecule has 5 nitrogen and oxygen atoms in total. The van der Waals surface area contributed by atoms with Gasteiger partial charge in [-0.15, -0.1) is 11.8 Å². The zero-order valence-corrected chi connectivity index (χ0v) is 20.3. The predicted octanol–water partition coefficient (Wildman–Crippen LogP) is 4.91. The van der Waals surface area contributed by atoms with Gasteiger partial charge in [0.15, 0.2) is 0 Å². The smallest absolute Gasteiger partial charge is 0.242 e. The molecule has 0 aliphatic carbocycles. The standard InChI is InChI=1S/C24H31ClN2O3S/c1-17(23(29)26-24(2,3)4)27(14-19-7-6-8-20(25)13-19)22(28)16-31-15-18-9-11-21(30-5)12-10-18/h6-13,17H,14-16H2,1-5H3,(H,26,29)/t17-/m0/s1. The lowest BCUT2D eigenvalue weighted by Crippen LogP contribution is -2.52. The molecular formula is C24H31ClN2O3S. The highest BCUT2D eigenvalue weighted by atomic mass is 35.5. The third-order valence-electron chi connectivity index (χ3n) is 4.56. The first kappa shape index (κ1) is 25.1. The lowest BCUT2D eigenvalue weighted by molar-refractivity contribution is -0.139.